The number of piperazine rings is 1. The SMILES string of the molecule is CCN1CCN(c2ccnc(NN)n2)CC1C. The Balaban J connectivity index is 2.08. The fourth-order valence-corrected chi connectivity index (χ4v) is 2.27. The van der Waals surface area contributed by atoms with Crippen molar-refractivity contribution in [3.8, 4) is 0 Å². The number of hydrogen-bond acceptors (Lipinski definition) is 6. The van der Waals surface area contributed by atoms with Gasteiger partial charge in [-0.3, -0.25) is 10.3 Å². The van der Waals surface area contributed by atoms with Crippen LogP contribution in [-0.4, -0.2) is 47.1 Å². The van der Waals surface area contributed by atoms with Crippen LogP contribution in [0.25, 0.3) is 0 Å². The molecule has 0 spiro atoms. The molecule has 1 fully saturated rings. The van der Waals surface area contributed by atoms with Crippen molar-refractivity contribution in [3.63, 3.8) is 0 Å². The Labute approximate surface area is 102 Å². The number of aromatic nitrogens is 2. The summed E-state index contributed by atoms with van der Waals surface area (Å²) in [5.41, 5.74) is 2.48. The predicted octanol–water partition coefficient (Wildman–Crippen LogP) is 0.293. The van der Waals surface area contributed by atoms with Gasteiger partial charge in [0.05, 0.1) is 0 Å². The average molecular weight is 236 g/mol. The number of nitrogens with two attached hydrogens (primary N) is 1. The van der Waals surface area contributed by atoms with E-state index >= 15 is 0 Å². The van der Waals surface area contributed by atoms with E-state index in [1.165, 1.54) is 0 Å². The van der Waals surface area contributed by atoms with E-state index in [2.05, 4.69) is 39.0 Å². The Kier molecular flexibility index (Phi) is 3.75. The Hall–Kier alpha value is -1.40. The molecule has 0 aromatic carbocycles. The minimum absolute atomic E-state index is 0.466. The topological polar surface area (TPSA) is 70.3 Å². The zero-order valence-corrected chi connectivity index (χ0v) is 10.4. The van der Waals surface area contributed by atoms with Crippen molar-refractivity contribution in [1.82, 2.24) is 14.9 Å². The van der Waals surface area contributed by atoms with Crippen LogP contribution in [0.2, 0.25) is 0 Å². The Bertz CT molecular complexity index is 369. The standard InChI is InChI=1S/C11H20N6/c1-3-16-6-7-17(8-9(16)2)10-4-5-13-11(14-10)15-12/h4-5,9H,3,6-8,12H2,1-2H3,(H,13,14,15). The second-order valence-electron chi connectivity index (χ2n) is 4.31. The summed E-state index contributed by atoms with van der Waals surface area (Å²) in [5.74, 6) is 6.72. The lowest BCUT2D eigenvalue weighted by molar-refractivity contribution is 0.199. The van der Waals surface area contributed by atoms with E-state index in [9.17, 15) is 0 Å². The van der Waals surface area contributed by atoms with Gasteiger partial charge in [-0.2, -0.15) is 4.98 Å². The van der Waals surface area contributed by atoms with Gasteiger partial charge in [-0.25, -0.2) is 10.8 Å². The Morgan fingerprint density at radius 2 is 2.35 bits per heavy atom. The van der Waals surface area contributed by atoms with Gasteiger partial charge in [0.2, 0.25) is 5.95 Å². The van der Waals surface area contributed by atoms with Crippen molar-refractivity contribution < 1.29 is 0 Å². The highest BCUT2D eigenvalue weighted by molar-refractivity contribution is 5.42. The molecule has 6 nitrogen and oxygen atoms in total. The number of rotatable bonds is 3. The molecule has 1 unspecified atom stereocenters. The van der Waals surface area contributed by atoms with Gasteiger partial charge in [-0.1, -0.05) is 6.92 Å². The summed E-state index contributed by atoms with van der Waals surface area (Å²) < 4.78 is 0. The molecule has 17 heavy (non-hydrogen) atoms. The fraction of sp³-hybridized carbons (Fsp3) is 0.636. The second kappa shape index (κ2) is 5.29. The molecule has 1 saturated heterocycles. The molecule has 0 amide bonds. The summed E-state index contributed by atoms with van der Waals surface area (Å²) in [6.07, 6.45) is 1.73. The monoisotopic (exact) mass is 236 g/mol. The van der Waals surface area contributed by atoms with E-state index in [0.29, 0.717) is 12.0 Å². The minimum atomic E-state index is 0.466. The lowest BCUT2D eigenvalue weighted by atomic mass is 10.2. The third kappa shape index (κ3) is 2.65. The van der Waals surface area contributed by atoms with Gasteiger partial charge in [0.15, 0.2) is 0 Å². The maximum Gasteiger partial charge on any atom is 0.239 e. The molecule has 3 N–H and O–H groups in total. The van der Waals surface area contributed by atoms with E-state index in [-0.39, 0.29) is 0 Å². The molecule has 1 aliphatic heterocycles. The smallest absolute Gasteiger partial charge is 0.239 e. The molecule has 6 heteroatoms. The van der Waals surface area contributed by atoms with Crippen molar-refractivity contribution in [2.24, 2.45) is 5.84 Å². The van der Waals surface area contributed by atoms with Crippen molar-refractivity contribution in [1.29, 1.82) is 0 Å². The first kappa shape index (κ1) is 12.1. The van der Waals surface area contributed by atoms with Crippen molar-refractivity contribution in [2.75, 3.05) is 36.5 Å². The van der Waals surface area contributed by atoms with E-state index in [1.807, 2.05) is 6.07 Å². The number of likely N-dealkylation sites (N-methyl/N-ethyl adjacent to an activating group) is 1. The van der Waals surface area contributed by atoms with Crippen LogP contribution in [0.3, 0.4) is 0 Å². The van der Waals surface area contributed by atoms with Gasteiger partial charge in [0.25, 0.3) is 0 Å². The number of nitrogens with zero attached hydrogens (tertiary/aromatic N) is 4. The summed E-state index contributed by atoms with van der Waals surface area (Å²) in [7, 11) is 0. The number of anilines is 2. The van der Waals surface area contributed by atoms with Crippen LogP contribution in [0.15, 0.2) is 12.3 Å². The van der Waals surface area contributed by atoms with Crippen LogP contribution in [0.4, 0.5) is 11.8 Å². The molecule has 0 bridgehead atoms. The fourth-order valence-electron chi connectivity index (χ4n) is 2.27. The third-order valence-corrected chi connectivity index (χ3v) is 3.27. The van der Waals surface area contributed by atoms with Crippen LogP contribution in [-0.2, 0) is 0 Å². The molecular formula is C11H20N6. The first-order valence-corrected chi connectivity index (χ1v) is 6.03. The first-order valence-electron chi connectivity index (χ1n) is 6.03. The minimum Gasteiger partial charge on any atom is -0.354 e. The quantitative estimate of drug-likeness (QED) is 0.581. The third-order valence-electron chi connectivity index (χ3n) is 3.27. The van der Waals surface area contributed by atoms with Gasteiger partial charge in [0.1, 0.15) is 5.82 Å². The molecule has 1 aromatic heterocycles. The van der Waals surface area contributed by atoms with Gasteiger partial charge in [-0.15, -0.1) is 0 Å². The summed E-state index contributed by atoms with van der Waals surface area (Å²) in [4.78, 5) is 13.1. The van der Waals surface area contributed by atoms with Gasteiger partial charge in [-0.05, 0) is 19.5 Å². The van der Waals surface area contributed by atoms with Crippen LogP contribution >= 0.6 is 0 Å². The van der Waals surface area contributed by atoms with Crippen molar-refractivity contribution >= 4 is 11.8 Å². The van der Waals surface area contributed by atoms with E-state index in [4.69, 9.17) is 5.84 Å². The van der Waals surface area contributed by atoms with Crippen molar-refractivity contribution in [2.45, 2.75) is 19.9 Å². The lowest BCUT2D eigenvalue weighted by Gasteiger charge is -2.39. The van der Waals surface area contributed by atoms with Crippen LogP contribution in [0, 0.1) is 0 Å². The zero-order valence-electron chi connectivity index (χ0n) is 10.4. The molecule has 1 atom stereocenters. The average Bonchev–Trinajstić information content (AvgIpc) is 2.38. The van der Waals surface area contributed by atoms with E-state index in [1.54, 1.807) is 6.20 Å². The highest BCUT2D eigenvalue weighted by Gasteiger charge is 2.23. The predicted molar refractivity (Wildman–Crippen MR) is 68.8 cm³/mol. The van der Waals surface area contributed by atoms with Crippen LogP contribution in [0.1, 0.15) is 13.8 Å². The molecule has 1 aliphatic rings. The van der Waals surface area contributed by atoms with E-state index < -0.39 is 0 Å². The molecule has 0 radical (unpaired) electrons. The summed E-state index contributed by atoms with van der Waals surface area (Å²) in [6, 6.07) is 2.48. The molecule has 1 aromatic rings. The maximum absolute atomic E-state index is 5.32. The molecule has 2 rings (SSSR count). The molecule has 2 heterocycles. The van der Waals surface area contributed by atoms with E-state index in [0.717, 1.165) is 32.0 Å². The zero-order chi connectivity index (χ0) is 12.3. The molecule has 0 saturated carbocycles. The number of nitrogen functional groups attached to an aromatic ring is 1. The summed E-state index contributed by atoms with van der Waals surface area (Å²) in [5, 5.41) is 0. The second-order valence-corrected chi connectivity index (χ2v) is 4.31. The van der Waals surface area contributed by atoms with Crippen LogP contribution in [0.5, 0.6) is 0 Å². The highest BCUT2D eigenvalue weighted by atomic mass is 15.3. The Morgan fingerprint density at radius 1 is 1.53 bits per heavy atom. The number of hydrogen-bond donors (Lipinski definition) is 2. The molecule has 0 aliphatic carbocycles. The summed E-state index contributed by atoms with van der Waals surface area (Å²) in [6.45, 7) is 8.63. The lowest BCUT2D eigenvalue weighted by Crippen LogP contribution is -2.52. The van der Waals surface area contributed by atoms with Crippen LogP contribution < -0.4 is 16.2 Å². The maximum atomic E-state index is 5.32. The summed E-state index contributed by atoms with van der Waals surface area (Å²) >= 11 is 0. The highest BCUT2D eigenvalue weighted by Crippen LogP contribution is 2.17. The normalized spacial score (nSPS) is 21.6. The van der Waals surface area contributed by atoms with Gasteiger partial charge >= 0.3 is 0 Å². The van der Waals surface area contributed by atoms with Crippen molar-refractivity contribution in [3.05, 3.63) is 12.3 Å². The molecule has 94 valence electrons. The number of hydrazine groups is 1. The molecular weight excluding hydrogens is 216 g/mol. The largest absolute Gasteiger partial charge is 0.354 e. The Morgan fingerprint density at radius 3 is 3.00 bits per heavy atom. The van der Waals surface area contributed by atoms with Gasteiger partial charge < -0.3 is 4.90 Å². The first-order chi connectivity index (χ1) is 8.24. The number of nitrogens with one attached hydrogen (secondary N) is 1. The van der Waals surface area contributed by atoms with Gasteiger partial charge in [0, 0.05) is 31.9 Å².